The molecule has 0 aliphatic carbocycles. The number of halogens is 3. The lowest BCUT2D eigenvalue weighted by molar-refractivity contribution is -0.137. The van der Waals surface area contributed by atoms with E-state index in [0.29, 0.717) is 22.8 Å². The fourth-order valence-electron chi connectivity index (χ4n) is 2.86. The van der Waals surface area contributed by atoms with Gasteiger partial charge in [-0.2, -0.15) is 13.2 Å². The summed E-state index contributed by atoms with van der Waals surface area (Å²) in [5.41, 5.74) is 0.0571. The van der Waals surface area contributed by atoms with Gasteiger partial charge in [0.15, 0.2) is 0 Å². The van der Waals surface area contributed by atoms with Gasteiger partial charge in [0.2, 0.25) is 0 Å². The summed E-state index contributed by atoms with van der Waals surface area (Å²) in [4.78, 5) is 12.6. The van der Waals surface area contributed by atoms with E-state index in [1.807, 2.05) is 0 Å². The molecule has 0 saturated heterocycles. The largest absolute Gasteiger partial charge is 0.497 e. The van der Waals surface area contributed by atoms with Crippen molar-refractivity contribution in [2.45, 2.75) is 12.8 Å². The third-order valence-electron chi connectivity index (χ3n) is 4.43. The van der Waals surface area contributed by atoms with Gasteiger partial charge in [0.25, 0.3) is 5.91 Å². The van der Waals surface area contributed by atoms with Gasteiger partial charge in [-0.15, -0.1) is 0 Å². The minimum Gasteiger partial charge on any atom is -0.497 e. The van der Waals surface area contributed by atoms with Crippen molar-refractivity contribution in [3.05, 3.63) is 83.4 Å². The Morgan fingerprint density at radius 3 is 2.35 bits per heavy atom. The Hall–Kier alpha value is -3.68. The molecule has 1 N–H and O–H groups in total. The van der Waals surface area contributed by atoms with Crippen LogP contribution in [-0.2, 0) is 12.8 Å². The first-order valence-corrected chi connectivity index (χ1v) is 9.22. The molecule has 3 rings (SSSR count). The molecular formula is C23H20F3NO4. The summed E-state index contributed by atoms with van der Waals surface area (Å²) in [5, 5.41) is 2.49. The molecule has 3 aromatic rings. The van der Waals surface area contributed by atoms with Crippen molar-refractivity contribution < 1.29 is 32.2 Å². The number of carbonyl (C=O) groups is 1. The summed E-state index contributed by atoms with van der Waals surface area (Å²) in [6, 6.07) is 16.2. The van der Waals surface area contributed by atoms with Crippen LogP contribution in [0.4, 0.5) is 18.9 Å². The van der Waals surface area contributed by atoms with E-state index in [2.05, 4.69) is 5.32 Å². The van der Waals surface area contributed by atoms with Gasteiger partial charge >= 0.3 is 6.18 Å². The zero-order valence-corrected chi connectivity index (χ0v) is 16.8. The first-order chi connectivity index (χ1) is 14.8. The average molecular weight is 431 g/mol. The summed E-state index contributed by atoms with van der Waals surface area (Å²) in [6.45, 7) is 0.112. The van der Waals surface area contributed by atoms with Gasteiger partial charge in [0.1, 0.15) is 23.9 Å². The summed E-state index contributed by atoms with van der Waals surface area (Å²) in [6.07, 6.45) is -4.49. The summed E-state index contributed by atoms with van der Waals surface area (Å²) < 4.78 is 54.9. The van der Waals surface area contributed by atoms with Crippen LogP contribution in [0.1, 0.15) is 21.5 Å². The van der Waals surface area contributed by atoms with Gasteiger partial charge in [-0.25, -0.2) is 0 Å². The van der Waals surface area contributed by atoms with E-state index in [0.717, 1.165) is 12.1 Å². The lowest BCUT2D eigenvalue weighted by Crippen LogP contribution is -2.14. The predicted molar refractivity (Wildman–Crippen MR) is 110 cm³/mol. The van der Waals surface area contributed by atoms with Crippen LogP contribution < -0.4 is 19.5 Å². The number of carbonyl (C=O) groups excluding carboxylic acids is 1. The molecule has 0 unspecified atom stereocenters. The topological polar surface area (TPSA) is 56.8 Å². The zero-order chi connectivity index (χ0) is 22.4. The van der Waals surface area contributed by atoms with Gasteiger partial charge < -0.3 is 19.5 Å². The molecular weight excluding hydrogens is 411 g/mol. The van der Waals surface area contributed by atoms with Crippen molar-refractivity contribution in [2.75, 3.05) is 19.5 Å². The maximum absolute atomic E-state index is 12.9. The second kappa shape index (κ2) is 9.42. The Morgan fingerprint density at radius 2 is 1.65 bits per heavy atom. The summed E-state index contributed by atoms with van der Waals surface area (Å²) >= 11 is 0. The second-order valence-corrected chi connectivity index (χ2v) is 6.53. The van der Waals surface area contributed by atoms with Gasteiger partial charge in [-0.3, -0.25) is 4.79 Å². The fraction of sp³-hybridized carbons (Fsp3) is 0.174. The highest BCUT2D eigenvalue weighted by atomic mass is 19.4. The second-order valence-electron chi connectivity index (χ2n) is 6.53. The fourth-order valence-corrected chi connectivity index (χ4v) is 2.86. The normalized spacial score (nSPS) is 11.0. The van der Waals surface area contributed by atoms with Crippen LogP contribution in [0.2, 0.25) is 0 Å². The van der Waals surface area contributed by atoms with Crippen LogP contribution in [0.5, 0.6) is 17.2 Å². The highest BCUT2D eigenvalue weighted by Crippen LogP contribution is 2.31. The Bertz CT molecular complexity index is 1070. The highest BCUT2D eigenvalue weighted by Gasteiger charge is 2.30. The Balaban J connectivity index is 1.77. The molecule has 8 heteroatoms. The smallest absolute Gasteiger partial charge is 0.416 e. The van der Waals surface area contributed by atoms with E-state index in [1.165, 1.54) is 25.3 Å². The molecule has 0 aliphatic rings. The molecule has 1 amide bonds. The minimum atomic E-state index is -4.49. The predicted octanol–water partition coefficient (Wildman–Crippen LogP) is 5.55. The van der Waals surface area contributed by atoms with E-state index < -0.39 is 17.6 Å². The SMILES string of the molecule is COc1cccc(OCc2cc(C(=O)Nc3cccc(C(F)(F)F)c3)ccc2OC)c1. The number of methoxy groups -OCH3 is 2. The van der Waals surface area contributed by atoms with Gasteiger partial charge in [0.05, 0.1) is 19.8 Å². The van der Waals surface area contributed by atoms with E-state index in [-0.39, 0.29) is 17.9 Å². The van der Waals surface area contributed by atoms with Crippen molar-refractivity contribution in [3.8, 4) is 17.2 Å². The van der Waals surface area contributed by atoms with E-state index in [1.54, 1.807) is 43.5 Å². The molecule has 0 aromatic heterocycles. The van der Waals surface area contributed by atoms with Crippen LogP contribution in [0.3, 0.4) is 0 Å². The van der Waals surface area contributed by atoms with Gasteiger partial charge in [0, 0.05) is 22.9 Å². The molecule has 0 radical (unpaired) electrons. The van der Waals surface area contributed by atoms with Gasteiger partial charge in [-0.05, 0) is 48.5 Å². The van der Waals surface area contributed by atoms with Crippen molar-refractivity contribution >= 4 is 11.6 Å². The van der Waals surface area contributed by atoms with Crippen molar-refractivity contribution in [1.29, 1.82) is 0 Å². The molecule has 0 bridgehead atoms. The quantitative estimate of drug-likeness (QED) is 0.533. The Labute approximate surface area is 177 Å². The standard InChI is InChI=1S/C23H20F3NO4/c1-29-19-7-4-8-20(13-19)31-14-16-11-15(9-10-21(16)30-2)22(28)27-18-6-3-5-17(12-18)23(24,25)26/h3-13H,14H2,1-2H3,(H,27,28). The number of anilines is 1. The number of alkyl halides is 3. The first kappa shape index (κ1) is 22.0. The third kappa shape index (κ3) is 5.69. The third-order valence-corrected chi connectivity index (χ3v) is 4.43. The first-order valence-electron chi connectivity index (χ1n) is 9.22. The van der Waals surface area contributed by atoms with Crippen LogP contribution in [0.25, 0.3) is 0 Å². The maximum atomic E-state index is 12.9. The molecule has 0 fully saturated rings. The lowest BCUT2D eigenvalue weighted by Gasteiger charge is -2.13. The Morgan fingerprint density at radius 1 is 0.903 bits per heavy atom. The monoisotopic (exact) mass is 431 g/mol. The number of hydrogen-bond donors (Lipinski definition) is 1. The molecule has 0 saturated carbocycles. The number of ether oxygens (including phenoxy) is 3. The number of benzene rings is 3. The van der Waals surface area contributed by atoms with E-state index in [9.17, 15) is 18.0 Å². The molecule has 0 aliphatic heterocycles. The molecule has 0 atom stereocenters. The average Bonchev–Trinajstić information content (AvgIpc) is 2.77. The molecule has 31 heavy (non-hydrogen) atoms. The minimum absolute atomic E-state index is 0.0461. The number of hydrogen-bond acceptors (Lipinski definition) is 4. The molecule has 3 aromatic carbocycles. The number of nitrogens with one attached hydrogen (secondary N) is 1. The van der Waals surface area contributed by atoms with Gasteiger partial charge in [-0.1, -0.05) is 12.1 Å². The molecule has 0 heterocycles. The summed E-state index contributed by atoms with van der Waals surface area (Å²) in [7, 11) is 3.04. The zero-order valence-electron chi connectivity index (χ0n) is 16.8. The maximum Gasteiger partial charge on any atom is 0.416 e. The van der Waals surface area contributed by atoms with Crippen molar-refractivity contribution in [1.82, 2.24) is 0 Å². The van der Waals surface area contributed by atoms with Crippen LogP contribution in [0.15, 0.2) is 66.7 Å². The lowest BCUT2D eigenvalue weighted by atomic mass is 10.1. The Kier molecular flexibility index (Phi) is 6.69. The molecule has 5 nitrogen and oxygen atoms in total. The molecule has 0 spiro atoms. The van der Waals surface area contributed by atoms with Crippen LogP contribution >= 0.6 is 0 Å². The van der Waals surface area contributed by atoms with Crippen molar-refractivity contribution in [3.63, 3.8) is 0 Å². The number of rotatable bonds is 7. The van der Waals surface area contributed by atoms with Crippen LogP contribution in [0, 0.1) is 0 Å². The van der Waals surface area contributed by atoms with Crippen molar-refractivity contribution in [2.24, 2.45) is 0 Å². The van der Waals surface area contributed by atoms with Crippen LogP contribution in [-0.4, -0.2) is 20.1 Å². The van der Waals surface area contributed by atoms with E-state index >= 15 is 0 Å². The molecule has 162 valence electrons. The van der Waals surface area contributed by atoms with E-state index in [4.69, 9.17) is 14.2 Å². The number of amides is 1. The summed E-state index contributed by atoms with van der Waals surface area (Å²) in [5.74, 6) is 1.17. The highest BCUT2D eigenvalue weighted by molar-refractivity contribution is 6.04.